The van der Waals surface area contributed by atoms with E-state index >= 15 is 0 Å². The number of nitrogens with zero attached hydrogens (tertiary/aromatic N) is 1. The number of rotatable bonds is 5. The van der Waals surface area contributed by atoms with Gasteiger partial charge in [0.1, 0.15) is 0 Å². The minimum atomic E-state index is -4.45. The van der Waals surface area contributed by atoms with Gasteiger partial charge >= 0.3 is 6.18 Å². The SMILES string of the molecule is CC(=O)N(CCC(=O)Nc1cccc(C(F)(F)F)c1)C(C)C. The highest BCUT2D eigenvalue weighted by molar-refractivity contribution is 5.91. The number of anilines is 1. The summed E-state index contributed by atoms with van der Waals surface area (Å²) in [6.45, 7) is 5.28. The average molecular weight is 316 g/mol. The zero-order valence-electron chi connectivity index (χ0n) is 12.7. The second-order valence-electron chi connectivity index (χ2n) is 5.18. The molecule has 1 aromatic rings. The van der Waals surface area contributed by atoms with Gasteiger partial charge in [-0.1, -0.05) is 6.07 Å². The Balaban J connectivity index is 2.64. The number of hydrogen-bond acceptors (Lipinski definition) is 2. The molecular formula is C15H19F3N2O2. The summed E-state index contributed by atoms with van der Waals surface area (Å²) in [6.07, 6.45) is -4.43. The van der Waals surface area contributed by atoms with Gasteiger partial charge in [0.05, 0.1) is 5.56 Å². The van der Waals surface area contributed by atoms with Crippen molar-refractivity contribution >= 4 is 17.5 Å². The second kappa shape index (κ2) is 7.29. The zero-order valence-corrected chi connectivity index (χ0v) is 12.7. The van der Waals surface area contributed by atoms with Crippen molar-refractivity contribution in [2.24, 2.45) is 0 Å². The highest BCUT2D eigenvalue weighted by Gasteiger charge is 2.30. The maximum atomic E-state index is 12.6. The molecule has 0 bridgehead atoms. The van der Waals surface area contributed by atoms with Crippen molar-refractivity contribution in [3.8, 4) is 0 Å². The van der Waals surface area contributed by atoms with Crippen LogP contribution in [0.25, 0.3) is 0 Å². The molecule has 7 heteroatoms. The number of halogens is 3. The van der Waals surface area contributed by atoms with Crippen molar-refractivity contribution < 1.29 is 22.8 Å². The van der Waals surface area contributed by atoms with Gasteiger partial charge in [-0.15, -0.1) is 0 Å². The van der Waals surface area contributed by atoms with Gasteiger partial charge in [-0.3, -0.25) is 9.59 Å². The lowest BCUT2D eigenvalue weighted by atomic mass is 10.2. The number of benzene rings is 1. The molecule has 0 saturated heterocycles. The van der Waals surface area contributed by atoms with Crippen LogP contribution in [0.15, 0.2) is 24.3 Å². The number of carbonyl (C=O) groups is 2. The summed E-state index contributed by atoms with van der Waals surface area (Å²) < 4.78 is 37.7. The lowest BCUT2D eigenvalue weighted by molar-refractivity contribution is -0.137. The molecule has 0 aliphatic heterocycles. The first-order valence-corrected chi connectivity index (χ1v) is 6.85. The Morgan fingerprint density at radius 2 is 1.91 bits per heavy atom. The first-order valence-electron chi connectivity index (χ1n) is 6.85. The molecular weight excluding hydrogens is 297 g/mol. The van der Waals surface area contributed by atoms with Crippen molar-refractivity contribution in [2.75, 3.05) is 11.9 Å². The Kier molecular flexibility index (Phi) is 5.96. The summed E-state index contributed by atoms with van der Waals surface area (Å²) in [5.41, 5.74) is -0.739. The Bertz CT molecular complexity index is 542. The number of nitrogens with one attached hydrogen (secondary N) is 1. The van der Waals surface area contributed by atoms with Gasteiger partial charge < -0.3 is 10.2 Å². The summed E-state index contributed by atoms with van der Waals surface area (Å²) in [5, 5.41) is 2.41. The van der Waals surface area contributed by atoms with Crippen LogP contribution in [0.4, 0.5) is 18.9 Å². The van der Waals surface area contributed by atoms with Crippen molar-refractivity contribution in [3.63, 3.8) is 0 Å². The number of alkyl halides is 3. The van der Waals surface area contributed by atoms with E-state index in [0.717, 1.165) is 12.1 Å². The summed E-state index contributed by atoms with van der Waals surface area (Å²) in [4.78, 5) is 24.7. The Morgan fingerprint density at radius 1 is 1.27 bits per heavy atom. The highest BCUT2D eigenvalue weighted by Crippen LogP contribution is 2.30. The molecule has 0 spiro atoms. The zero-order chi connectivity index (χ0) is 16.9. The smallest absolute Gasteiger partial charge is 0.340 e. The molecule has 2 amide bonds. The molecule has 0 heterocycles. The van der Waals surface area contributed by atoms with Crippen LogP contribution in [-0.4, -0.2) is 29.3 Å². The lowest BCUT2D eigenvalue weighted by Crippen LogP contribution is -2.37. The van der Waals surface area contributed by atoms with Crippen LogP contribution in [0, 0.1) is 0 Å². The molecule has 4 nitrogen and oxygen atoms in total. The van der Waals surface area contributed by atoms with Crippen molar-refractivity contribution in [2.45, 2.75) is 39.4 Å². The van der Waals surface area contributed by atoms with Crippen LogP contribution in [0.5, 0.6) is 0 Å². The van der Waals surface area contributed by atoms with E-state index < -0.39 is 17.6 Å². The number of carbonyl (C=O) groups excluding carboxylic acids is 2. The van der Waals surface area contributed by atoms with E-state index in [0.29, 0.717) is 0 Å². The van der Waals surface area contributed by atoms with Crippen LogP contribution in [0.3, 0.4) is 0 Å². The fourth-order valence-electron chi connectivity index (χ4n) is 2.00. The van der Waals surface area contributed by atoms with Gasteiger partial charge in [-0.2, -0.15) is 13.2 Å². The van der Waals surface area contributed by atoms with Crippen LogP contribution < -0.4 is 5.32 Å². The molecule has 1 rings (SSSR count). The van der Waals surface area contributed by atoms with Gasteiger partial charge in [0.25, 0.3) is 0 Å². The van der Waals surface area contributed by atoms with Gasteiger partial charge in [0.15, 0.2) is 0 Å². The predicted molar refractivity (Wildman–Crippen MR) is 77.2 cm³/mol. The maximum Gasteiger partial charge on any atom is 0.416 e. The molecule has 122 valence electrons. The first-order chi connectivity index (χ1) is 10.1. The molecule has 0 unspecified atom stereocenters. The van der Waals surface area contributed by atoms with Crippen molar-refractivity contribution in [1.29, 1.82) is 0 Å². The van der Waals surface area contributed by atoms with E-state index in [1.165, 1.54) is 24.0 Å². The largest absolute Gasteiger partial charge is 0.416 e. The Morgan fingerprint density at radius 3 is 2.41 bits per heavy atom. The van der Waals surface area contributed by atoms with E-state index in [1.54, 1.807) is 0 Å². The van der Waals surface area contributed by atoms with Crippen LogP contribution in [0.1, 0.15) is 32.8 Å². The predicted octanol–water partition coefficient (Wildman–Crippen LogP) is 3.29. The normalized spacial score (nSPS) is 11.4. The molecule has 0 radical (unpaired) electrons. The summed E-state index contributed by atoms with van der Waals surface area (Å²) in [7, 11) is 0. The quantitative estimate of drug-likeness (QED) is 0.906. The van der Waals surface area contributed by atoms with E-state index in [2.05, 4.69) is 5.32 Å². The maximum absolute atomic E-state index is 12.6. The van der Waals surface area contributed by atoms with E-state index in [9.17, 15) is 22.8 Å². The molecule has 1 aromatic carbocycles. The van der Waals surface area contributed by atoms with E-state index in [-0.39, 0.29) is 30.6 Å². The van der Waals surface area contributed by atoms with E-state index in [4.69, 9.17) is 0 Å². The molecule has 22 heavy (non-hydrogen) atoms. The van der Waals surface area contributed by atoms with E-state index in [1.807, 2.05) is 13.8 Å². The highest BCUT2D eigenvalue weighted by atomic mass is 19.4. The average Bonchev–Trinajstić information content (AvgIpc) is 2.37. The minimum absolute atomic E-state index is 0.0218. The summed E-state index contributed by atoms with van der Waals surface area (Å²) in [6, 6.07) is 4.39. The van der Waals surface area contributed by atoms with Gasteiger partial charge in [-0.05, 0) is 32.0 Å². The van der Waals surface area contributed by atoms with Crippen molar-refractivity contribution in [3.05, 3.63) is 29.8 Å². The Hall–Kier alpha value is -2.05. The van der Waals surface area contributed by atoms with Crippen LogP contribution >= 0.6 is 0 Å². The molecule has 0 fully saturated rings. The standard InChI is InChI=1S/C15H19F3N2O2/c1-10(2)20(11(3)21)8-7-14(22)19-13-6-4-5-12(9-13)15(16,17)18/h4-6,9-10H,7-8H2,1-3H3,(H,19,22). The van der Waals surface area contributed by atoms with Gasteiger partial charge in [-0.25, -0.2) is 0 Å². The van der Waals surface area contributed by atoms with Crippen LogP contribution in [0.2, 0.25) is 0 Å². The molecule has 0 saturated carbocycles. The molecule has 1 N–H and O–H groups in total. The third kappa shape index (κ3) is 5.38. The summed E-state index contributed by atoms with van der Waals surface area (Å²) in [5.74, 6) is -0.590. The topological polar surface area (TPSA) is 49.4 Å². The molecule has 0 atom stereocenters. The fraction of sp³-hybridized carbons (Fsp3) is 0.467. The monoisotopic (exact) mass is 316 g/mol. The Labute approximate surface area is 127 Å². The molecule has 0 aliphatic rings. The number of hydrogen-bond donors (Lipinski definition) is 1. The fourth-order valence-corrected chi connectivity index (χ4v) is 2.00. The third-order valence-electron chi connectivity index (χ3n) is 3.08. The van der Waals surface area contributed by atoms with Gasteiger partial charge in [0, 0.05) is 31.6 Å². The molecule has 0 aromatic heterocycles. The number of amides is 2. The minimum Gasteiger partial charge on any atom is -0.340 e. The van der Waals surface area contributed by atoms with Crippen LogP contribution in [-0.2, 0) is 15.8 Å². The first kappa shape index (κ1) is 18.0. The van der Waals surface area contributed by atoms with Crippen molar-refractivity contribution in [1.82, 2.24) is 4.90 Å². The summed E-state index contributed by atoms with van der Waals surface area (Å²) >= 11 is 0. The van der Waals surface area contributed by atoms with Gasteiger partial charge in [0.2, 0.25) is 11.8 Å². The third-order valence-corrected chi connectivity index (χ3v) is 3.08. The lowest BCUT2D eigenvalue weighted by Gasteiger charge is -2.25. The second-order valence-corrected chi connectivity index (χ2v) is 5.18. The molecule has 0 aliphatic carbocycles.